The smallest absolute Gasteiger partial charge is 0.339 e. The zero-order valence-electron chi connectivity index (χ0n) is 13.5. The molecule has 0 aliphatic rings. The molecule has 0 spiro atoms. The number of nitrogens with one attached hydrogen (secondary N) is 1. The Balaban J connectivity index is 1.97. The fraction of sp³-hybridized carbons (Fsp3) is 0.250. The molecule has 6 nitrogen and oxygen atoms in total. The van der Waals surface area contributed by atoms with Gasteiger partial charge in [0.2, 0.25) is 0 Å². The number of benzene rings is 1. The van der Waals surface area contributed by atoms with E-state index in [4.69, 9.17) is 4.74 Å². The van der Waals surface area contributed by atoms with Gasteiger partial charge in [0.1, 0.15) is 0 Å². The minimum Gasteiger partial charge on any atom is -0.452 e. The summed E-state index contributed by atoms with van der Waals surface area (Å²) in [5, 5.41) is 2.50. The number of hydrogen-bond acceptors (Lipinski definition) is 6. The van der Waals surface area contributed by atoms with E-state index in [0.29, 0.717) is 11.3 Å². The molecule has 0 saturated heterocycles. The molecule has 2 aromatic rings. The summed E-state index contributed by atoms with van der Waals surface area (Å²) in [6.07, 6.45) is 1.08. The molecule has 2 rings (SSSR count). The number of hydrogen-bond donors (Lipinski definition) is 1. The molecule has 1 N–H and O–H groups in total. The summed E-state index contributed by atoms with van der Waals surface area (Å²) in [5.74, 6) is -1.10. The SMILES string of the molecule is Cc1cc(C(=O)OCC(=O)Nc2cccc(S(C)(=O)=O)c2)c(C)s1. The lowest BCUT2D eigenvalue weighted by atomic mass is 10.2. The van der Waals surface area contributed by atoms with Crippen molar-refractivity contribution in [3.05, 3.63) is 45.6 Å². The highest BCUT2D eigenvalue weighted by molar-refractivity contribution is 7.90. The number of aryl methyl sites for hydroxylation is 2. The number of thiophene rings is 1. The minimum atomic E-state index is -3.36. The quantitative estimate of drug-likeness (QED) is 0.821. The maximum atomic E-state index is 11.9. The zero-order valence-corrected chi connectivity index (χ0v) is 15.1. The van der Waals surface area contributed by atoms with Crippen molar-refractivity contribution >= 4 is 38.7 Å². The Kier molecular flexibility index (Phi) is 5.40. The Labute approximate surface area is 144 Å². The maximum Gasteiger partial charge on any atom is 0.339 e. The van der Waals surface area contributed by atoms with Crippen LogP contribution in [0.4, 0.5) is 5.69 Å². The third-order valence-corrected chi connectivity index (χ3v) is 5.22. The third-order valence-electron chi connectivity index (χ3n) is 3.14. The summed E-state index contributed by atoms with van der Waals surface area (Å²) in [7, 11) is -3.36. The van der Waals surface area contributed by atoms with Crippen molar-refractivity contribution in [2.75, 3.05) is 18.2 Å². The Morgan fingerprint density at radius 1 is 1.21 bits per heavy atom. The summed E-state index contributed by atoms with van der Waals surface area (Å²) < 4.78 is 28.0. The van der Waals surface area contributed by atoms with Crippen molar-refractivity contribution < 1.29 is 22.7 Å². The van der Waals surface area contributed by atoms with Gasteiger partial charge in [-0.15, -0.1) is 11.3 Å². The maximum absolute atomic E-state index is 11.9. The first kappa shape index (κ1) is 18.2. The van der Waals surface area contributed by atoms with Crippen LogP contribution in [0, 0.1) is 13.8 Å². The fourth-order valence-electron chi connectivity index (χ4n) is 2.04. The van der Waals surface area contributed by atoms with Gasteiger partial charge in [-0.2, -0.15) is 0 Å². The lowest BCUT2D eigenvalue weighted by Gasteiger charge is -2.07. The summed E-state index contributed by atoms with van der Waals surface area (Å²) in [5.41, 5.74) is 0.769. The van der Waals surface area contributed by atoms with Crippen LogP contribution in [-0.2, 0) is 19.4 Å². The molecular formula is C16H17NO5S2. The lowest BCUT2D eigenvalue weighted by Crippen LogP contribution is -2.21. The first-order chi connectivity index (χ1) is 11.2. The molecule has 0 aliphatic heterocycles. The van der Waals surface area contributed by atoms with Crippen LogP contribution in [0.25, 0.3) is 0 Å². The molecule has 8 heteroatoms. The summed E-state index contributed by atoms with van der Waals surface area (Å²) in [6.45, 7) is 3.25. The predicted octanol–water partition coefficient (Wildman–Crippen LogP) is 2.56. The van der Waals surface area contributed by atoms with Gasteiger partial charge in [-0.25, -0.2) is 13.2 Å². The summed E-state index contributed by atoms with van der Waals surface area (Å²) in [4.78, 5) is 25.7. The number of carbonyl (C=O) groups is 2. The average molecular weight is 367 g/mol. The molecule has 0 unspecified atom stereocenters. The van der Waals surface area contributed by atoms with Crippen LogP contribution >= 0.6 is 11.3 Å². The van der Waals surface area contributed by atoms with E-state index < -0.39 is 28.3 Å². The van der Waals surface area contributed by atoms with Crippen LogP contribution in [-0.4, -0.2) is 33.2 Å². The number of ether oxygens (including phenoxy) is 1. The van der Waals surface area contributed by atoms with E-state index in [9.17, 15) is 18.0 Å². The molecule has 128 valence electrons. The van der Waals surface area contributed by atoms with Gasteiger partial charge in [0.05, 0.1) is 10.5 Å². The van der Waals surface area contributed by atoms with Gasteiger partial charge in [-0.1, -0.05) is 6.07 Å². The molecule has 0 atom stereocenters. The number of carbonyl (C=O) groups excluding carboxylic acids is 2. The molecule has 0 aliphatic carbocycles. The van der Waals surface area contributed by atoms with E-state index in [2.05, 4.69) is 5.32 Å². The van der Waals surface area contributed by atoms with E-state index in [1.165, 1.54) is 29.5 Å². The largest absolute Gasteiger partial charge is 0.452 e. The molecule has 0 saturated carbocycles. The van der Waals surface area contributed by atoms with Crippen LogP contribution < -0.4 is 5.32 Å². The van der Waals surface area contributed by atoms with E-state index in [1.54, 1.807) is 12.1 Å². The van der Waals surface area contributed by atoms with Crippen molar-refractivity contribution in [2.45, 2.75) is 18.7 Å². The van der Waals surface area contributed by atoms with Gasteiger partial charge >= 0.3 is 5.97 Å². The van der Waals surface area contributed by atoms with Crippen molar-refractivity contribution in [1.29, 1.82) is 0 Å². The second kappa shape index (κ2) is 7.14. The second-order valence-electron chi connectivity index (χ2n) is 5.25. The topological polar surface area (TPSA) is 89.5 Å². The lowest BCUT2D eigenvalue weighted by molar-refractivity contribution is -0.119. The van der Waals surface area contributed by atoms with Gasteiger partial charge < -0.3 is 10.1 Å². The first-order valence-electron chi connectivity index (χ1n) is 7.01. The average Bonchev–Trinajstić information content (AvgIpc) is 2.83. The summed E-state index contributed by atoms with van der Waals surface area (Å²) >= 11 is 1.48. The Hall–Kier alpha value is -2.19. The first-order valence-corrected chi connectivity index (χ1v) is 9.72. The van der Waals surface area contributed by atoms with E-state index in [0.717, 1.165) is 16.0 Å². The number of rotatable bonds is 5. The molecule has 0 bridgehead atoms. The Morgan fingerprint density at radius 2 is 1.92 bits per heavy atom. The number of anilines is 1. The van der Waals surface area contributed by atoms with Gasteiger partial charge in [0.15, 0.2) is 16.4 Å². The second-order valence-corrected chi connectivity index (χ2v) is 8.73. The Bertz CT molecular complexity index is 884. The monoisotopic (exact) mass is 367 g/mol. The Morgan fingerprint density at radius 3 is 2.50 bits per heavy atom. The fourth-order valence-corrected chi connectivity index (χ4v) is 3.62. The molecule has 1 amide bonds. The van der Waals surface area contributed by atoms with Crippen molar-refractivity contribution in [1.82, 2.24) is 0 Å². The number of amides is 1. The highest BCUT2D eigenvalue weighted by atomic mass is 32.2. The van der Waals surface area contributed by atoms with Gasteiger partial charge in [-0.05, 0) is 38.1 Å². The summed E-state index contributed by atoms with van der Waals surface area (Å²) in [6, 6.07) is 7.58. The van der Waals surface area contributed by atoms with Crippen LogP contribution in [0.3, 0.4) is 0 Å². The standard InChI is InChI=1S/C16H17NO5S2/c1-10-7-14(11(2)23-10)16(19)22-9-15(18)17-12-5-4-6-13(8-12)24(3,20)21/h4-8H,9H2,1-3H3,(H,17,18). The third kappa shape index (κ3) is 4.65. The number of esters is 1. The highest BCUT2D eigenvalue weighted by Crippen LogP contribution is 2.21. The number of sulfone groups is 1. The van der Waals surface area contributed by atoms with Gasteiger partial charge in [0, 0.05) is 21.7 Å². The van der Waals surface area contributed by atoms with Crippen LogP contribution in [0.5, 0.6) is 0 Å². The van der Waals surface area contributed by atoms with Crippen LogP contribution in [0.15, 0.2) is 35.2 Å². The van der Waals surface area contributed by atoms with Crippen LogP contribution in [0.1, 0.15) is 20.1 Å². The molecule has 1 aromatic carbocycles. The van der Waals surface area contributed by atoms with E-state index in [1.807, 2.05) is 13.8 Å². The van der Waals surface area contributed by atoms with Crippen molar-refractivity contribution in [3.63, 3.8) is 0 Å². The normalized spacial score (nSPS) is 11.1. The van der Waals surface area contributed by atoms with Gasteiger partial charge in [-0.3, -0.25) is 4.79 Å². The van der Waals surface area contributed by atoms with Gasteiger partial charge in [0.25, 0.3) is 5.91 Å². The molecule has 1 heterocycles. The predicted molar refractivity (Wildman–Crippen MR) is 92.3 cm³/mol. The molecular weight excluding hydrogens is 350 g/mol. The molecule has 0 fully saturated rings. The highest BCUT2D eigenvalue weighted by Gasteiger charge is 2.15. The zero-order chi connectivity index (χ0) is 17.9. The molecule has 24 heavy (non-hydrogen) atoms. The van der Waals surface area contributed by atoms with Crippen LogP contribution in [0.2, 0.25) is 0 Å². The van der Waals surface area contributed by atoms with E-state index in [-0.39, 0.29) is 4.90 Å². The van der Waals surface area contributed by atoms with Crippen molar-refractivity contribution in [3.8, 4) is 0 Å². The molecule has 1 aromatic heterocycles. The van der Waals surface area contributed by atoms with E-state index >= 15 is 0 Å². The molecule has 0 radical (unpaired) electrons. The van der Waals surface area contributed by atoms with Crippen molar-refractivity contribution in [2.24, 2.45) is 0 Å². The minimum absolute atomic E-state index is 0.0988.